The molecule has 0 saturated carbocycles. The molecule has 578 valence electrons. The molecule has 2 bridgehead atoms. The smallest absolute Gasteiger partial charge is 0.334 e. The minimum absolute atomic E-state index is 0.0222. The van der Waals surface area contributed by atoms with E-state index in [1.165, 1.54) is 87.6 Å². The van der Waals surface area contributed by atoms with E-state index in [-0.39, 0.29) is 62.3 Å². The molecule has 18 N–H and O–H groups in total. The molecule has 3 heterocycles. The Hall–Kier alpha value is -9.30. The van der Waals surface area contributed by atoms with E-state index >= 15 is 0 Å². The van der Waals surface area contributed by atoms with Gasteiger partial charge in [0, 0.05) is 38.6 Å². The van der Waals surface area contributed by atoms with E-state index in [1.807, 2.05) is 0 Å². The van der Waals surface area contributed by atoms with E-state index in [1.54, 1.807) is 13.8 Å². The monoisotopic (exact) mass is 1460 g/mol. The number of carbonyl (C=O) groups excluding carboxylic acids is 12. The summed E-state index contributed by atoms with van der Waals surface area (Å²) in [5.74, 6) is -15.4. The second kappa shape index (κ2) is 45.7. The van der Waals surface area contributed by atoms with Gasteiger partial charge in [-0.2, -0.15) is 0 Å². The zero-order chi connectivity index (χ0) is 77.0. The van der Waals surface area contributed by atoms with Gasteiger partial charge in [0.05, 0.1) is 18.6 Å². The number of unbranched alkanes of at least 4 members (excludes halogenated alkanes) is 10. The van der Waals surface area contributed by atoms with Crippen molar-refractivity contribution in [2.75, 3.05) is 13.1 Å². The quantitative estimate of drug-likeness (QED) is 0.0196. The maximum atomic E-state index is 14.8. The number of aliphatic carboxylic acids is 2. The van der Waals surface area contributed by atoms with Crippen molar-refractivity contribution in [3.8, 4) is 11.5 Å². The van der Waals surface area contributed by atoms with Crippen LogP contribution in [0.4, 0.5) is 0 Å². The number of aliphatic hydroxyl groups excluding tert-OH is 2. The average molecular weight is 1460 g/mol. The number of phenols is 1. The summed E-state index contributed by atoms with van der Waals surface area (Å²) in [6.45, 7) is 7.83. The van der Waals surface area contributed by atoms with Gasteiger partial charge < -0.3 is 94.5 Å². The third-order valence-electron chi connectivity index (χ3n) is 18.4. The van der Waals surface area contributed by atoms with Crippen LogP contribution < -0.4 is 64.1 Å². The number of benzene rings is 2. The number of carboxylic acids is 2. The summed E-state index contributed by atoms with van der Waals surface area (Å²) >= 11 is 0. The minimum Gasteiger partial charge on any atom is -0.508 e. The topological polar surface area (TPSA) is 513 Å². The molecule has 2 aromatic rings. The van der Waals surface area contributed by atoms with E-state index < -0.39 is 213 Å². The van der Waals surface area contributed by atoms with E-state index in [2.05, 4.69) is 54.8 Å². The normalized spacial score (nSPS) is 21.9. The first kappa shape index (κ1) is 87.1. The van der Waals surface area contributed by atoms with Crippen LogP contribution in [0.2, 0.25) is 0 Å². The number of esters is 1. The maximum absolute atomic E-state index is 14.8. The van der Waals surface area contributed by atoms with Gasteiger partial charge in [0.1, 0.15) is 71.9 Å². The van der Waals surface area contributed by atoms with E-state index in [9.17, 15) is 92.7 Å². The second-order valence-electron chi connectivity index (χ2n) is 27.1. The minimum atomic E-state index is -1.98. The van der Waals surface area contributed by atoms with E-state index in [0.29, 0.717) is 24.8 Å². The average Bonchev–Trinajstić information content (AvgIpc) is 1.55. The molecule has 13 atom stereocenters. The second-order valence-corrected chi connectivity index (χ2v) is 27.1. The number of primary amides is 1. The molecule has 32 heteroatoms. The van der Waals surface area contributed by atoms with Crippen molar-refractivity contribution in [2.45, 2.75) is 274 Å². The van der Waals surface area contributed by atoms with Crippen molar-refractivity contribution in [1.82, 2.24) is 52.8 Å². The highest BCUT2D eigenvalue weighted by Gasteiger charge is 2.41. The number of hydrogen-bond acceptors (Lipinski definition) is 19. The lowest BCUT2D eigenvalue weighted by Crippen LogP contribution is -2.62. The van der Waals surface area contributed by atoms with Crippen LogP contribution in [0.5, 0.6) is 11.5 Å². The summed E-state index contributed by atoms with van der Waals surface area (Å²) in [6, 6.07) is -4.87. The molecule has 5 rings (SSSR count). The molecule has 0 aliphatic carbocycles. The van der Waals surface area contributed by atoms with Crippen LogP contribution in [-0.2, 0) is 80.0 Å². The Morgan fingerprint density at radius 1 is 0.615 bits per heavy atom. The van der Waals surface area contributed by atoms with Crippen molar-refractivity contribution in [3.05, 3.63) is 59.7 Å². The van der Waals surface area contributed by atoms with Crippen LogP contribution in [0, 0.1) is 5.92 Å². The van der Waals surface area contributed by atoms with Gasteiger partial charge >= 0.3 is 17.9 Å². The highest BCUT2D eigenvalue weighted by atomic mass is 16.5. The fourth-order valence-electron chi connectivity index (χ4n) is 12.1. The zero-order valence-electron chi connectivity index (χ0n) is 60.4. The number of nitrogens with zero attached hydrogens (tertiary/aromatic N) is 1. The lowest BCUT2D eigenvalue weighted by Gasteiger charge is -2.30. The summed E-state index contributed by atoms with van der Waals surface area (Å²) in [7, 11) is 0. The molecule has 2 aromatic carbocycles. The summed E-state index contributed by atoms with van der Waals surface area (Å²) in [5, 5.41) is 74.1. The van der Waals surface area contributed by atoms with Crippen LogP contribution >= 0.6 is 0 Å². The Bertz CT molecular complexity index is 3190. The Kier molecular flexibility index (Phi) is 38.3. The molecular weight excluding hydrogens is 1350 g/mol. The van der Waals surface area contributed by atoms with Gasteiger partial charge in [-0.3, -0.25) is 62.3 Å². The number of carboxylic acid groups (broad SMARTS) is 2. The number of aliphatic hydroxyl groups is 2. The van der Waals surface area contributed by atoms with Crippen molar-refractivity contribution >= 4 is 82.9 Å². The Morgan fingerprint density at radius 2 is 1.17 bits per heavy atom. The molecule has 1 fully saturated rings. The largest absolute Gasteiger partial charge is 0.508 e. The van der Waals surface area contributed by atoms with Crippen molar-refractivity contribution < 1.29 is 97.4 Å². The third-order valence-corrected chi connectivity index (χ3v) is 18.4. The van der Waals surface area contributed by atoms with Crippen LogP contribution in [0.25, 0.3) is 0 Å². The fraction of sp³-hybridized carbons (Fsp3) is 0.639. The molecule has 104 heavy (non-hydrogen) atoms. The summed E-state index contributed by atoms with van der Waals surface area (Å²) in [4.78, 5) is 195. The van der Waals surface area contributed by atoms with Crippen molar-refractivity contribution in [1.29, 1.82) is 0 Å². The van der Waals surface area contributed by atoms with Gasteiger partial charge in [0.15, 0.2) is 0 Å². The number of rotatable bonds is 36. The third kappa shape index (κ3) is 31.0. The van der Waals surface area contributed by atoms with Crippen LogP contribution in [0.15, 0.2) is 48.5 Å². The number of aromatic hydroxyl groups is 1. The van der Waals surface area contributed by atoms with Gasteiger partial charge in [-0.15, -0.1) is 0 Å². The van der Waals surface area contributed by atoms with Gasteiger partial charge in [0.2, 0.25) is 65.0 Å². The van der Waals surface area contributed by atoms with E-state index in [0.717, 1.165) is 43.9 Å². The number of carbonyl (C=O) groups is 14. The highest BCUT2D eigenvalue weighted by molar-refractivity contribution is 5.99. The predicted molar refractivity (Wildman–Crippen MR) is 379 cm³/mol. The molecule has 11 amide bonds. The predicted octanol–water partition coefficient (Wildman–Crippen LogP) is 1.08. The molecule has 32 nitrogen and oxygen atoms in total. The number of nitrogens with one attached hydrogen (secondary N) is 9. The summed E-state index contributed by atoms with van der Waals surface area (Å²) < 4.78 is 5.82. The SMILES string of the molecule is CCCCCCCCCCCCC[C@@H](O)CC(=O)N[C@@H](CCC(=O)O)C(=O)N[C@H](CCCN)C(=O)N[C@H]1Cc2ccc(cc2)OC(=O)[C@H]([C@H](C)CC)NC(=O)[C@H](Cc2ccc(O)cc2)NC(=O)[C@H](CCC(N)=O)NC(=O)[C@@H]2CCCN2C(=O)C(C)NC(=O)[C@H](CCC(=O)O)NC(=O)[C@@H](C(C)O)NC1=O. The van der Waals surface area contributed by atoms with Gasteiger partial charge in [-0.1, -0.05) is 122 Å². The lowest BCUT2D eigenvalue weighted by molar-refractivity contribution is -0.143. The van der Waals surface area contributed by atoms with Gasteiger partial charge in [0.25, 0.3) is 0 Å². The van der Waals surface area contributed by atoms with E-state index in [4.69, 9.17) is 16.2 Å². The molecule has 3 aliphatic rings. The molecule has 3 aliphatic heterocycles. The maximum Gasteiger partial charge on any atom is 0.334 e. The number of fused-ring (bicyclic) bond motifs is 23. The van der Waals surface area contributed by atoms with Crippen molar-refractivity contribution in [2.24, 2.45) is 17.4 Å². The van der Waals surface area contributed by atoms with Crippen LogP contribution in [0.1, 0.15) is 200 Å². The Morgan fingerprint density at radius 3 is 1.76 bits per heavy atom. The first-order chi connectivity index (χ1) is 49.4. The fourth-order valence-corrected chi connectivity index (χ4v) is 12.1. The van der Waals surface area contributed by atoms with Crippen LogP contribution in [-0.4, -0.2) is 199 Å². The lowest BCUT2D eigenvalue weighted by atomic mass is 9.97. The molecule has 2 unspecified atom stereocenters. The first-order valence-corrected chi connectivity index (χ1v) is 36.3. The first-order valence-electron chi connectivity index (χ1n) is 36.3. The summed E-state index contributed by atoms with van der Waals surface area (Å²) in [5.41, 5.74) is 12.0. The summed E-state index contributed by atoms with van der Waals surface area (Å²) in [6.07, 6.45) is 5.34. The number of ether oxygens (including phenoxy) is 1. The van der Waals surface area contributed by atoms with Gasteiger partial charge in [-0.25, -0.2) is 4.79 Å². The number of amides is 11. The van der Waals surface area contributed by atoms with Crippen LogP contribution in [0.3, 0.4) is 0 Å². The standard InChI is InChI=1S/C72H110N12O20/c1-6-8-9-10-11-12-13-14-15-16-17-20-48(87)41-58(89)76-51(32-35-59(90)91)65(96)77-50(21-18-37-73)64(95)80-55-40-46-25-29-49(30-26-46)104-72(103)61(42(3)7-2)82-67(98)54(39-45-23-27-47(86)28-24-45)81-66(97)52(31-34-57(74)88)78-69(100)56-22-19-38-84(56)71(102)43(4)75-63(94)53(33-36-60(92)93)79-70(101)62(44(5)85)83-68(55)99/h23-30,42-44,48,50-56,61-62,85-87H,6-22,31-41,73H2,1-5H3,(H2,74,88)(H,75,94)(H,76,89)(H,77,96)(H,78,100)(H,79,101)(H,80,95)(H,81,97)(H,82,98)(H,83,99)(H,90,91)(H,92,93)/t42-,43?,44?,48-,50-,51+,52+,53+,54+,55+,56+,61+,62-/m1/s1. The molecule has 0 spiro atoms. The Labute approximate surface area is 606 Å². The molecule has 0 aromatic heterocycles. The molecule has 1 saturated heterocycles. The molecular formula is C72H110N12O20. The van der Waals surface area contributed by atoms with Gasteiger partial charge in [-0.05, 0) is 113 Å². The number of nitrogens with two attached hydrogens (primary N) is 2. The van der Waals surface area contributed by atoms with Crippen molar-refractivity contribution in [3.63, 3.8) is 0 Å². The zero-order valence-corrected chi connectivity index (χ0v) is 60.4. The highest BCUT2D eigenvalue weighted by Crippen LogP contribution is 2.23. The Balaban J connectivity index is 1.75. The number of hydrogen-bond donors (Lipinski definition) is 16. The molecule has 0 radical (unpaired) electrons. The number of phenolic OH excluding ortho intramolecular Hbond substituents is 1.